The molecule has 1 aliphatic carbocycles. The number of aryl methyl sites for hydroxylation is 1. The molecule has 11 rings (SSSR count). The summed E-state index contributed by atoms with van der Waals surface area (Å²) in [6.07, 6.45) is 4.62. The van der Waals surface area contributed by atoms with Crippen molar-refractivity contribution in [2.45, 2.75) is 12.8 Å². The lowest BCUT2D eigenvalue weighted by Crippen LogP contribution is -2.03. The second kappa shape index (κ2) is 9.20. The number of para-hydroxylation sites is 4. The van der Waals surface area contributed by atoms with Crippen LogP contribution in [0.15, 0.2) is 127 Å². The van der Waals surface area contributed by atoms with E-state index in [4.69, 9.17) is 0 Å². The largest absolute Gasteiger partial charge is 0.313 e. The predicted molar refractivity (Wildman–Crippen MR) is 201 cm³/mol. The highest BCUT2D eigenvalue weighted by molar-refractivity contribution is 7.28. The highest BCUT2D eigenvalue weighted by Crippen LogP contribution is 2.47. The maximum atomic E-state index is 2.51. The van der Waals surface area contributed by atoms with E-state index in [1.807, 2.05) is 22.7 Å². The van der Waals surface area contributed by atoms with E-state index in [1.54, 1.807) is 0 Å². The number of allylic oxidation sites excluding steroid dienone is 1. The molecule has 0 fully saturated rings. The minimum atomic E-state index is 1.04. The highest BCUT2D eigenvalue weighted by Gasteiger charge is 2.23. The molecule has 1 aliphatic rings. The maximum Gasteiger partial charge on any atom is 0.0541 e. The number of aromatic nitrogens is 2. The zero-order chi connectivity index (χ0) is 29.9. The van der Waals surface area contributed by atoms with E-state index >= 15 is 0 Å². The Balaban J connectivity index is 1.15. The van der Waals surface area contributed by atoms with Gasteiger partial charge in [-0.3, -0.25) is 0 Å². The van der Waals surface area contributed by atoms with E-state index in [-0.39, 0.29) is 0 Å². The number of benzene rings is 6. The molecule has 6 aromatic carbocycles. The van der Waals surface area contributed by atoms with E-state index in [9.17, 15) is 0 Å². The molecule has 216 valence electrons. The molecule has 0 saturated carbocycles. The van der Waals surface area contributed by atoms with Crippen LogP contribution in [0.25, 0.3) is 91.3 Å². The Kier molecular flexibility index (Phi) is 5.01. The van der Waals surface area contributed by atoms with Crippen LogP contribution in [0.4, 0.5) is 0 Å². The summed E-state index contributed by atoms with van der Waals surface area (Å²) < 4.78 is 9.09. The van der Waals surface area contributed by atoms with Crippen LogP contribution in [0, 0.1) is 0 Å². The first kappa shape index (κ1) is 25.1. The third kappa shape index (κ3) is 3.30. The van der Waals surface area contributed by atoms with Crippen LogP contribution in [-0.4, -0.2) is 9.13 Å². The monoisotopic (exact) mass is 622 g/mol. The Morgan fingerprint density at radius 2 is 1.02 bits per heavy atom. The molecule has 2 nitrogen and oxygen atoms in total. The van der Waals surface area contributed by atoms with Gasteiger partial charge in [0.2, 0.25) is 0 Å². The van der Waals surface area contributed by atoms with Crippen molar-refractivity contribution in [2.24, 2.45) is 0 Å². The summed E-state index contributed by atoms with van der Waals surface area (Å²) in [5.41, 5.74) is 9.11. The third-order valence-electron chi connectivity index (χ3n) is 10.0. The molecule has 0 atom stereocenters. The van der Waals surface area contributed by atoms with E-state index in [2.05, 4.69) is 143 Å². The quantitative estimate of drug-likeness (QED) is 0.182. The molecule has 46 heavy (non-hydrogen) atoms. The minimum absolute atomic E-state index is 1.04. The van der Waals surface area contributed by atoms with Crippen LogP contribution in [0.3, 0.4) is 0 Å². The van der Waals surface area contributed by atoms with Crippen LogP contribution < -0.4 is 0 Å². The maximum absolute atomic E-state index is 2.51. The highest BCUT2D eigenvalue weighted by atomic mass is 32.1. The molecule has 4 heterocycles. The first-order valence-electron chi connectivity index (χ1n) is 15.9. The molecule has 0 radical (unpaired) electrons. The molecule has 0 spiro atoms. The van der Waals surface area contributed by atoms with Gasteiger partial charge < -0.3 is 9.13 Å². The second-order valence-electron chi connectivity index (χ2n) is 12.4. The van der Waals surface area contributed by atoms with Crippen molar-refractivity contribution in [2.75, 3.05) is 0 Å². The summed E-state index contributed by atoms with van der Waals surface area (Å²) in [6.45, 7) is 0. The van der Waals surface area contributed by atoms with Gasteiger partial charge in [0.1, 0.15) is 0 Å². The van der Waals surface area contributed by atoms with Gasteiger partial charge in [0, 0.05) is 68.1 Å². The lowest BCUT2D eigenvalue weighted by molar-refractivity contribution is 0.968. The van der Waals surface area contributed by atoms with Crippen LogP contribution in [0.1, 0.15) is 16.9 Å². The zero-order valence-corrected chi connectivity index (χ0v) is 26.5. The Labute approximate surface area is 272 Å². The Morgan fingerprint density at radius 3 is 1.65 bits per heavy atom. The Bertz CT molecular complexity index is 2820. The van der Waals surface area contributed by atoms with Gasteiger partial charge in [-0.25, -0.2) is 0 Å². The number of nitrogens with zero attached hydrogens (tertiary/aromatic N) is 2. The van der Waals surface area contributed by atoms with E-state index < -0.39 is 0 Å². The average molecular weight is 623 g/mol. The van der Waals surface area contributed by atoms with Crippen LogP contribution >= 0.6 is 22.7 Å². The molecule has 10 aromatic rings. The fourth-order valence-corrected chi connectivity index (χ4v) is 10.5. The van der Waals surface area contributed by atoms with Gasteiger partial charge in [-0.15, -0.1) is 22.7 Å². The fourth-order valence-electron chi connectivity index (χ4n) is 8.04. The molecule has 0 bridgehead atoms. The first-order valence-corrected chi connectivity index (χ1v) is 17.5. The van der Waals surface area contributed by atoms with Gasteiger partial charge >= 0.3 is 0 Å². The number of hydrogen-bond acceptors (Lipinski definition) is 2. The van der Waals surface area contributed by atoms with Crippen molar-refractivity contribution in [1.29, 1.82) is 0 Å². The van der Waals surface area contributed by atoms with Crippen molar-refractivity contribution in [1.82, 2.24) is 9.13 Å². The van der Waals surface area contributed by atoms with Crippen molar-refractivity contribution in [3.05, 3.63) is 138 Å². The second-order valence-corrected chi connectivity index (χ2v) is 14.6. The summed E-state index contributed by atoms with van der Waals surface area (Å²) in [4.78, 5) is 1.51. The van der Waals surface area contributed by atoms with Crippen molar-refractivity contribution < 1.29 is 0 Å². The van der Waals surface area contributed by atoms with Crippen molar-refractivity contribution in [3.63, 3.8) is 0 Å². The van der Waals surface area contributed by atoms with Gasteiger partial charge in [-0.2, -0.15) is 0 Å². The molecule has 0 aliphatic heterocycles. The molecule has 4 aromatic heterocycles. The summed E-state index contributed by atoms with van der Waals surface area (Å²) in [6, 6.07) is 47.1. The Hall–Kier alpha value is -5.16. The Morgan fingerprint density at radius 1 is 0.457 bits per heavy atom. The van der Waals surface area contributed by atoms with Crippen LogP contribution in [0.5, 0.6) is 0 Å². The normalized spacial score (nSPS) is 13.6. The molecule has 0 amide bonds. The average Bonchev–Trinajstić information content (AvgIpc) is 3.85. The summed E-state index contributed by atoms with van der Waals surface area (Å²) >= 11 is 3.93. The molecule has 0 unspecified atom stereocenters. The molecule has 0 saturated heterocycles. The van der Waals surface area contributed by atoms with Crippen LogP contribution in [-0.2, 0) is 6.42 Å². The van der Waals surface area contributed by atoms with Crippen molar-refractivity contribution in [3.8, 4) is 5.69 Å². The predicted octanol–water partition coefficient (Wildman–Crippen LogP) is 12.4. The van der Waals surface area contributed by atoms with Gasteiger partial charge in [-0.1, -0.05) is 78.9 Å². The SMILES string of the molecule is C1=C(n2c3ccccc3c3ccccc32)CCc2sc3ccc4c5cc(-n6c7ccccc7c7ccccc76)ccc5sc4c3c21. The van der Waals surface area contributed by atoms with Gasteiger partial charge in [0.05, 0.1) is 22.1 Å². The molecule has 0 N–H and O–H groups in total. The van der Waals surface area contributed by atoms with E-state index in [0.29, 0.717) is 0 Å². The van der Waals surface area contributed by atoms with Gasteiger partial charge in [-0.05, 0) is 73.0 Å². The number of thiophene rings is 2. The summed E-state index contributed by atoms with van der Waals surface area (Å²) in [5.74, 6) is 0. The van der Waals surface area contributed by atoms with Crippen molar-refractivity contribution >= 4 is 108 Å². The summed E-state index contributed by atoms with van der Waals surface area (Å²) in [5, 5.41) is 9.36. The standard InChI is InChI=1S/C42H26N2S2/c1-5-13-34-27(9-1)28-10-2-6-14-35(28)43(34)25-17-20-38-32(23-25)31-19-22-40-41(42(31)46-38)33-24-26(18-21-39(33)45-40)44-36-15-7-3-11-29(36)30-12-4-8-16-37(30)44/h1-17,19-20,22-24H,18,21H2. The van der Waals surface area contributed by atoms with Gasteiger partial charge in [0.15, 0.2) is 0 Å². The van der Waals surface area contributed by atoms with E-state index in [1.165, 1.54) is 95.7 Å². The molecular weight excluding hydrogens is 597 g/mol. The fraction of sp³-hybridized carbons (Fsp3) is 0.0476. The van der Waals surface area contributed by atoms with Crippen LogP contribution in [0.2, 0.25) is 0 Å². The first-order chi connectivity index (χ1) is 22.8. The lowest BCUT2D eigenvalue weighted by atomic mass is 9.99. The zero-order valence-electron chi connectivity index (χ0n) is 24.8. The number of hydrogen-bond donors (Lipinski definition) is 0. The molecular formula is C42H26N2S2. The topological polar surface area (TPSA) is 9.86 Å². The lowest BCUT2D eigenvalue weighted by Gasteiger charge is -2.17. The summed E-state index contributed by atoms with van der Waals surface area (Å²) in [7, 11) is 0. The number of fused-ring (bicyclic) bond motifs is 13. The third-order valence-corrected chi connectivity index (χ3v) is 12.4. The minimum Gasteiger partial charge on any atom is -0.313 e. The van der Waals surface area contributed by atoms with E-state index in [0.717, 1.165) is 12.8 Å². The number of rotatable bonds is 2. The smallest absolute Gasteiger partial charge is 0.0541 e. The molecule has 4 heteroatoms. The van der Waals surface area contributed by atoms with Gasteiger partial charge in [0.25, 0.3) is 0 Å².